The lowest BCUT2D eigenvalue weighted by Crippen LogP contribution is -2.59. The second-order valence-corrected chi connectivity index (χ2v) is 15.6. The molecule has 63 heavy (non-hydrogen) atoms. The van der Waals surface area contributed by atoms with E-state index >= 15 is 0 Å². The fraction of sp³-hybridized carbons (Fsp3) is 0.364. The van der Waals surface area contributed by atoms with Crippen molar-refractivity contribution >= 4 is 64.3 Å². The molecule has 0 aliphatic rings. The summed E-state index contributed by atoms with van der Waals surface area (Å²) in [4.78, 5) is 107. The van der Waals surface area contributed by atoms with Crippen LogP contribution in [0.2, 0.25) is 0 Å². The summed E-state index contributed by atoms with van der Waals surface area (Å²) < 4.78 is 10.2. The zero-order chi connectivity index (χ0) is 46.1. The van der Waals surface area contributed by atoms with Gasteiger partial charge in [-0.1, -0.05) is 54.6 Å². The number of benzene rings is 3. The first-order valence-corrected chi connectivity index (χ1v) is 20.2. The molecule has 0 spiro atoms. The Labute approximate surface area is 363 Å². The second-order valence-electron chi connectivity index (χ2n) is 15.6. The highest BCUT2D eigenvalue weighted by atomic mass is 16.6. The van der Waals surface area contributed by atoms with Gasteiger partial charge >= 0.3 is 24.1 Å². The fourth-order valence-electron chi connectivity index (χ4n) is 6.41. The lowest BCUT2D eigenvalue weighted by Gasteiger charge is -2.27. The largest absolute Gasteiger partial charge is 0.481 e. The summed E-state index contributed by atoms with van der Waals surface area (Å²) in [5.41, 5.74) is 7.33. The number of ether oxygens (including phenoxy) is 2. The number of methoxy groups -OCH3 is 1. The van der Waals surface area contributed by atoms with Crippen LogP contribution in [0.1, 0.15) is 67.9 Å². The molecular formula is C44H54N8O11. The average molecular weight is 871 g/mol. The summed E-state index contributed by atoms with van der Waals surface area (Å²) in [5, 5.41) is 25.9. The summed E-state index contributed by atoms with van der Waals surface area (Å²) in [6.07, 6.45) is 0.267. The molecule has 0 radical (unpaired) electrons. The molecule has 4 aromatic rings. The Morgan fingerprint density at radius 2 is 1.40 bits per heavy atom. The highest BCUT2D eigenvalue weighted by molar-refractivity contribution is 5.97. The number of alkyl carbamates (subject to hydrolysis) is 1. The van der Waals surface area contributed by atoms with Crippen molar-refractivity contribution in [2.24, 2.45) is 5.73 Å². The summed E-state index contributed by atoms with van der Waals surface area (Å²) in [6, 6.07) is 15.8. The Hall–Kier alpha value is -7.44. The number of fused-ring (bicyclic) bond motifs is 1. The van der Waals surface area contributed by atoms with Crippen molar-refractivity contribution in [3.63, 3.8) is 0 Å². The van der Waals surface area contributed by atoms with Gasteiger partial charge in [0.15, 0.2) is 0 Å². The molecule has 19 heteroatoms. The van der Waals surface area contributed by atoms with Crippen LogP contribution in [0.25, 0.3) is 10.9 Å². The Kier molecular flexibility index (Phi) is 17.6. The number of urea groups is 1. The third-order valence-electron chi connectivity index (χ3n) is 9.44. The Balaban J connectivity index is 1.53. The van der Waals surface area contributed by atoms with Crippen LogP contribution in [0.4, 0.5) is 15.3 Å². The Morgan fingerprint density at radius 1 is 0.746 bits per heavy atom. The molecule has 0 aliphatic heterocycles. The van der Waals surface area contributed by atoms with Gasteiger partial charge in [-0.25, -0.2) is 14.4 Å². The topological polar surface area (TPSA) is 289 Å². The van der Waals surface area contributed by atoms with E-state index in [1.807, 2.05) is 24.3 Å². The Morgan fingerprint density at radius 3 is 2.08 bits per heavy atom. The zero-order valence-electron chi connectivity index (χ0n) is 35.4. The van der Waals surface area contributed by atoms with E-state index in [2.05, 4.69) is 36.9 Å². The van der Waals surface area contributed by atoms with Gasteiger partial charge in [0.1, 0.15) is 29.8 Å². The number of amides is 7. The number of aliphatic carboxylic acids is 1. The van der Waals surface area contributed by atoms with E-state index in [0.717, 1.165) is 10.9 Å². The number of H-pyrrole nitrogens is 1. The van der Waals surface area contributed by atoms with E-state index in [1.165, 1.54) is 19.2 Å². The standard InChI is InChI=1S/C44H54N8O11/c1-44(2,3)63-43(61)52-34(23-28-25-47-31-18-9-8-17-30(28)31)39(57)49-32(19-10-11-20-46-42(60)48-29-16-12-15-27(22-29)41(59)62-4)38(56)51-35(24-36(53)54)40(58)50-33(37(45)55)21-26-13-6-5-7-14-26/h5-9,12-18,22,25,32-35,47H,10-11,19-21,23-24H2,1-4H3,(H2,45,55)(H,49,57)(H,50,58)(H,51,56)(H,52,61)(H,53,54)(H2,46,48,60)/t32-,33?,34?,35?/m0/s1. The van der Waals surface area contributed by atoms with Gasteiger partial charge in [0.2, 0.25) is 23.6 Å². The molecule has 0 saturated carbocycles. The molecule has 336 valence electrons. The van der Waals surface area contributed by atoms with Crippen LogP contribution in [0, 0.1) is 0 Å². The number of nitrogens with two attached hydrogens (primary N) is 1. The molecule has 7 amide bonds. The normalized spacial score (nSPS) is 13.0. The number of rotatable bonds is 21. The number of hydrogen-bond acceptors (Lipinski definition) is 10. The number of para-hydroxylation sites is 1. The number of esters is 1. The number of carbonyl (C=O) groups is 8. The maximum atomic E-state index is 14.2. The van der Waals surface area contributed by atoms with E-state index in [9.17, 15) is 43.5 Å². The number of carboxylic acids is 1. The third-order valence-corrected chi connectivity index (χ3v) is 9.44. The lowest BCUT2D eigenvalue weighted by molar-refractivity contribution is -0.141. The van der Waals surface area contributed by atoms with Gasteiger partial charge in [-0.3, -0.25) is 24.0 Å². The number of carbonyl (C=O) groups excluding carboxylic acids is 7. The van der Waals surface area contributed by atoms with Crippen LogP contribution in [0.3, 0.4) is 0 Å². The molecule has 10 N–H and O–H groups in total. The van der Waals surface area contributed by atoms with Crippen LogP contribution in [0.5, 0.6) is 0 Å². The first-order valence-electron chi connectivity index (χ1n) is 20.2. The maximum absolute atomic E-state index is 14.2. The van der Waals surface area contributed by atoms with Crippen LogP contribution >= 0.6 is 0 Å². The van der Waals surface area contributed by atoms with E-state index in [-0.39, 0.29) is 44.2 Å². The molecule has 4 atom stereocenters. The van der Waals surface area contributed by atoms with Gasteiger partial charge in [0, 0.05) is 42.2 Å². The summed E-state index contributed by atoms with van der Waals surface area (Å²) in [7, 11) is 1.24. The van der Waals surface area contributed by atoms with Gasteiger partial charge in [0.05, 0.1) is 19.1 Å². The summed E-state index contributed by atoms with van der Waals surface area (Å²) in [5.74, 6) is -5.67. The predicted octanol–water partition coefficient (Wildman–Crippen LogP) is 3.04. The predicted molar refractivity (Wildman–Crippen MR) is 231 cm³/mol. The monoisotopic (exact) mass is 870 g/mol. The number of hydrogen-bond donors (Lipinski definition) is 9. The molecule has 0 bridgehead atoms. The van der Waals surface area contributed by atoms with Crippen LogP contribution in [0.15, 0.2) is 85.1 Å². The zero-order valence-corrected chi connectivity index (χ0v) is 35.4. The van der Waals surface area contributed by atoms with Gasteiger partial charge in [-0.05, 0) is 75.4 Å². The molecule has 0 saturated heterocycles. The molecule has 1 aromatic heterocycles. The molecular weight excluding hydrogens is 817 g/mol. The van der Waals surface area contributed by atoms with Crippen LogP contribution in [-0.2, 0) is 46.3 Å². The smallest absolute Gasteiger partial charge is 0.408 e. The Bertz CT molecular complexity index is 2260. The van der Waals surface area contributed by atoms with Crippen molar-refractivity contribution in [3.8, 4) is 0 Å². The van der Waals surface area contributed by atoms with Crippen LogP contribution < -0.4 is 37.6 Å². The SMILES string of the molecule is COC(=O)c1cccc(NC(=O)NCCCC[C@H](NC(=O)C(Cc2c[nH]c3ccccc23)NC(=O)OC(C)(C)C)C(=O)NC(CC(=O)O)C(=O)NC(Cc2ccccc2)C(N)=O)c1. The quantitative estimate of drug-likeness (QED) is 0.0433. The van der Waals surface area contributed by atoms with Crippen molar-refractivity contribution in [1.82, 2.24) is 31.6 Å². The minimum absolute atomic E-state index is 0.0112. The highest BCUT2D eigenvalue weighted by Crippen LogP contribution is 2.20. The average Bonchev–Trinajstić information content (AvgIpc) is 3.64. The van der Waals surface area contributed by atoms with Crippen molar-refractivity contribution in [2.75, 3.05) is 19.0 Å². The van der Waals surface area contributed by atoms with E-state index in [1.54, 1.807) is 69.4 Å². The number of carboxylic acid groups (broad SMARTS) is 1. The van der Waals surface area contributed by atoms with Crippen molar-refractivity contribution in [2.45, 2.75) is 89.1 Å². The summed E-state index contributed by atoms with van der Waals surface area (Å²) in [6.45, 7) is 5.06. The maximum Gasteiger partial charge on any atom is 0.408 e. The van der Waals surface area contributed by atoms with Gasteiger partial charge in [-0.2, -0.15) is 0 Å². The molecule has 19 nitrogen and oxygen atoms in total. The molecule has 4 rings (SSSR count). The number of anilines is 1. The molecule has 3 aromatic carbocycles. The first kappa shape index (κ1) is 48.2. The van der Waals surface area contributed by atoms with Crippen molar-refractivity contribution < 1.29 is 52.9 Å². The van der Waals surface area contributed by atoms with Crippen molar-refractivity contribution in [3.05, 3.63) is 102 Å². The number of aromatic amines is 1. The number of nitrogens with one attached hydrogen (secondary N) is 7. The van der Waals surface area contributed by atoms with Gasteiger partial charge in [0.25, 0.3) is 0 Å². The van der Waals surface area contributed by atoms with Gasteiger partial charge in [-0.15, -0.1) is 0 Å². The fourth-order valence-corrected chi connectivity index (χ4v) is 6.41. The molecule has 1 heterocycles. The third kappa shape index (κ3) is 15.8. The second kappa shape index (κ2) is 23.0. The molecule has 3 unspecified atom stereocenters. The van der Waals surface area contributed by atoms with Gasteiger partial charge < -0.3 is 57.2 Å². The molecule has 0 aliphatic carbocycles. The minimum atomic E-state index is -1.71. The van der Waals surface area contributed by atoms with Crippen molar-refractivity contribution in [1.29, 1.82) is 0 Å². The van der Waals surface area contributed by atoms with E-state index < -0.39 is 83.9 Å². The van der Waals surface area contributed by atoms with E-state index in [0.29, 0.717) is 16.8 Å². The van der Waals surface area contributed by atoms with Crippen LogP contribution in [-0.4, -0.2) is 101 Å². The van der Waals surface area contributed by atoms with E-state index in [4.69, 9.17) is 15.2 Å². The number of primary amides is 1. The number of unbranched alkanes of at least 4 members (excludes halogenated alkanes) is 1. The first-order chi connectivity index (χ1) is 29.9. The lowest BCUT2D eigenvalue weighted by atomic mass is 10.0. The number of aromatic nitrogens is 1. The highest BCUT2D eigenvalue weighted by Gasteiger charge is 2.33. The minimum Gasteiger partial charge on any atom is -0.481 e. The summed E-state index contributed by atoms with van der Waals surface area (Å²) >= 11 is 0. The molecule has 0 fully saturated rings.